The highest BCUT2D eigenvalue weighted by Crippen LogP contribution is 2.12. The average Bonchev–Trinajstić information content (AvgIpc) is 2.43. The smallest absolute Gasteiger partial charge is 0.127 e. The van der Waals surface area contributed by atoms with Crippen LogP contribution in [0.15, 0.2) is 18.2 Å². The van der Waals surface area contributed by atoms with Gasteiger partial charge in [-0.1, -0.05) is 19.1 Å². The minimum Gasteiger partial charge on any atom is -0.380 e. The summed E-state index contributed by atoms with van der Waals surface area (Å²) in [5.41, 5.74) is 1.88. The third-order valence-electron chi connectivity index (χ3n) is 3.13. The molecular formula is C16H27FN2O. The first-order valence-corrected chi connectivity index (χ1v) is 7.41. The van der Waals surface area contributed by atoms with Crippen molar-refractivity contribution in [2.45, 2.75) is 33.4 Å². The van der Waals surface area contributed by atoms with Crippen LogP contribution < -0.4 is 5.32 Å². The summed E-state index contributed by atoms with van der Waals surface area (Å²) in [5, 5.41) is 3.34. The fourth-order valence-corrected chi connectivity index (χ4v) is 2.00. The third kappa shape index (κ3) is 6.46. The monoisotopic (exact) mass is 282 g/mol. The second-order valence-corrected chi connectivity index (χ2v) is 5.04. The van der Waals surface area contributed by atoms with Crippen LogP contribution in [0.5, 0.6) is 0 Å². The second kappa shape index (κ2) is 9.86. The van der Waals surface area contributed by atoms with Crippen LogP contribution >= 0.6 is 0 Å². The van der Waals surface area contributed by atoms with Gasteiger partial charge in [0.15, 0.2) is 0 Å². The van der Waals surface area contributed by atoms with E-state index in [0.717, 1.165) is 43.8 Å². The van der Waals surface area contributed by atoms with E-state index in [9.17, 15) is 4.39 Å². The normalized spacial score (nSPS) is 11.2. The van der Waals surface area contributed by atoms with Crippen molar-refractivity contribution in [2.24, 2.45) is 0 Å². The van der Waals surface area contributed by atoms with Gasteiger partial charge in [-0.3, -0.25) is 4.90 Å². The Balaban J connectivity index is 2.52. The van der Waals surface area contributed by atoms with Gasteiger partial charge in [0.05, 0.1) is 6.61 Å². The maximum Gasteiger partial charge on any atom is 0.127 e. The second-order valence-electron chi connectivity index (χ2n) is 5.04. The molecule has 0 aliphatic rings. The molecule has 20 heavy (non-hydrogen) atoms. The molecule has 0 aliphatic heterocycles. The summed E-state index contributed by atoms with van der Waals surface area (Å²) in [4.78, 5) is 2.08. The highest BCUT2D eigenvalue weighted by molar-refractivity contribution is 5.25. The molecule has 114 valence electrons. The molecular weight excluding hydrogens is 255 g/mol. The lowest BCUT2D eigenvalue weighted by atomic mass is 10.1. The van der Waals surface area contributed by atoms with E-state index < -0.39 is 0 Å². The van der Waals surface area contributed by atoms with Crippen LogP contribution in [-0.4, -0.2) is 38.3 Å². The number of rotatable bonds is 10. The first-order chi connectivity index (χ1) is 9.67. The van der Waals surface area contributed by atoms with Crippen molar-refractivity contribution in [1.29, 1.82) is 0 Å². The van der Waals surface area contributed by atoms with Gasteiger partial charge < -0.3 is 10.1 Å². The molecule has 0 radical (unpaired) electrons. The van der Waals surface area contributed by atoms with Crippen LogP contribution in [0.1, 0.15) is 31.4 Å². The summed E-state index contributed by atoms with van der Waals surface area (Å²) in [6, 6.07) is 5.37. The van der Waals surface area contributed by atoms with Crippen molar-refractivity contribution < 1.29 is 9.13 Å². The Morgan fingerprint density at radius 3 is 2.80 bits per heavy atom. The van der Waals surface area contributed by atoms with Crippen LogP contribution in [0.25, 0.3) is 0 Å². The zero-order valence-corrected chi connectivity index (χ0v) is 12.9. The molecule has 0 amide bonds. The van der Waals surface area contributed by atoms with Crippen molar-refractivity contribution in [3.05, 3.63) is 35.1 Å². The van der Waals surface area contributed by atoms with Gasteiger partial charge >= 0.3 is 0 Å². The maximum absolute atomic E-state index is 13.8. The Hall–Kier alpha value is -0.970. The first-order valence-electron chi connectivity index (χ1n) is 7.41. The number of nitrogens with zero attached hydrogens (tertiary/aromatic N) is 1. The van der Waals surface area contributed by atoms with Crippen LogP contribution in [0.4, 0.5) is 4.39 Å². The van der Waals surface area contributed by atoms with Gasteiger partial charge in [-0.2, -0.15) is 0 Å². The first kappa shape index (κ1) is 17.1. The molecule has 1 aromatic rings. The molecule has 0 bridgehead atoms. The van der Waals surface area contributed by atoms with E-state index in [0.29, 0.717) is 13.2 Å². The van der Waals surface area contributed by atoms with E-state index in [1.54, 1.807) is 6.07 Å². The molecule has 0 spiro atoms. The number of hydrogen-bond donors (Lipinski definition) is 1. The van der Waals surface area contributed by atoms with Gasteiger partial charge in [-0.05, 0) is 38.6 Å². The summed E-state index contributed by atoms with van der Waals surface area (Å²) >= 11 is 0. The molecule has 1 N–H and O–H groups in total. The lowest BCUT2D eigenvalue weighted by molar-refractivity contribution is 0.120. The van der Waals surface area contributed by atoms with Gasteiger partial charge in [-0.25, -0.2) is 4.39 Å². The lowest BCUT2D eigenvalue weighted by Crippen LogP contribution is -2.23. The highest BCUT2D eigenvalue weighted by Gasteiger charge is 2.07. The minimum absolute atomic E-state index is 0.132. The Bertz CT molecular complexity index is 385. The van der Waals surface area contributed by atoms with Crippen molar-refractivity contribution in [2.75, 3.05) is 33.4 Å². The molecule has 0 aliphatic carbocycles. The number of halogens is 1. The number of likely N-dealkylation sites (N-methyl/N-ethyl adjacent to an activating group) is 1. The summed E-state index contributed by atoms with van der Waals surface area (Å²) in [6.45, 7) is 8.73. The Labute approximate surface area is 122 Å². The quantitative estimate of drug-likeness (QED) is 0.668. The number of nitrogens with one attached hydrogen (secondary N) is 1. The van der Waals surface area contributed by atoms with Gasteiger partial charge in [0.25, 0.3) is 0 Å². The van der Waals surface area contributed by atoms with Crippen LogP contribution in [0.3, 0.4) is 0 Å². The van der Waals surface area contributed by atoms with Gasteiger partial charge in [0.1, 0.15) is 5.82 Å². The predicted molar refractivity (Wildman–Crippen MR) is 81.2 cm³/mol. The maximum atomic E-state index is 13.8. The number of ether oxygens (including phenoxy) is 1. The van der Waals surface area contributed by atoms with Crippen LogP contribution in [0, 0.1) is 5.82 Å². The molecule has 3 nitrogen and oxygen atoms in total. The molecule has 0 saturated carbocycles. The summed E-state index contributed by atoms with van der Waals surface area (Å²) in [5.74, 6) is -0.132. The third-order valence-corrected chi connectivity index (χ3v) is 3.13. The summed E-state index contributed by atoms with van der Waals surface area (Å²) in [6.07, 6.45) is 1.11. The predicted octanol–water partition coefficient (Wildman–Crippen LogP) is 2.79. The fourth-order valence-electron chi connectivity index (χ4n) is 2.00. The fraction of sp³-hybridized carbons (Fsp3) is 0.625. The topological polar surface area (TPSA) is 24.5 Å². The standard InChI is InChI=1S/C16H27FN2O/c1-4-8-18-12-14-6-7-16(17)15(11-14)13-19(3)9-10-20-5-2/h6-7,11,18H,4-5,8-10,12-13H2,1-3H3. The zero-order chi connectivity index (χ0) is 14.8. The molecule has 0 unspecified atom stereocenters. The lowest BCUT2D eigenvalue weighted by Gasteiger charge is -2.17. The van der Waals surface area contributed by atoms with Gasteiger partial charge in [-0.15, -0.1) is 0 Å². The zero-order valence-electron chi connectivity index (χ0n) is 12.9. The largest absolute Gasteiger partial charge is 0.380 e. The SMILES string of the molecule is CCCNCc1ccc(F)c(CN(C)CCOCC)c1. The van der Waals surface area contributed by atoms with Crippen molar-refractivity contribution in [3.63, 3.8) is 0 Å². The van der Waals surface area contributed by atoms with Gasteiger partial charge in [0, 0.05) is 31.8 Å². The molecule has 0 heterocycles. The molecule has 4 heteroatoms. The summed E-state index contributed by atoms with van der Waals surface area (Å²) in [7, 11) is 1.99. The molecule has 1 rings (SSSR count). The summed E-state index contributed by atoms with van der Waals surface area (Å²) < 4.78 is 19.1. The van der Waals surface area contributed by atoms with E-state index in [4.69, 9.17) is 4.74 Å². The molecule has 0 atom stereocenters. The molecule has 0 saturated heterocycles. The van der Waals surface area contributed by atoms with Crippen molar-refractivity contribution >= 4 is 0 Å². The molecule has 0 aromatic heterocycles. The van der Waals surface area contributed by atoms with E-state index in [1.165, 1.54) is 0 Å². The van der Waals surface area contributed by atoms with Crippen molar-refractivity contribution in [1.82, 2.24) is 10.2 Å². The Morgan fingerprint density at radius 2 is 2.10 bits per heavy atom. The molecule has 0 fully saturated rings. The Morgan fingerprint density at radius 1 is 1.30 bits per heavy atom. The Kier molecular flexibility index (Phi) is 8.42. The van der Waals surface area contributed by atoms with Gasteiger partial charge in [0.2, 0.25) is 0 Å². The molecule has 1 aromatic carbocycles. The van der Waals surface area contributed by atoms with Crippen LogP contribution in [0.2, 0.25) is 0 Å². The van der Waals surface area contributed by atoms with E-state index in [1.807, 2.05) is 26.1 Å². The number of hydrogen-bond acceptors (Lipinski definition) is 3. The minimum atomic E-state index is -0.132. The van der Waals surface area contributed by atoms with E-state index >= 15 is 0 Å². The average molecular weight is 282 g/mol. The van der Waals surface area contributed by atoms with E-state index in [2.05, 4.69) is 17.1 Å². The van der Waals surface area contributed by atoms with Crippen LogP contribution in [-0.2, 0) is 17.8 Å². The van der Waals surface area contributed by atoms with E-state index in [-0.39, 0.29) is 5.82 Å². The number of benzene rings is 1. The highest BCUT2D eigenvalue weighted by atomic mass is 19.1. The van der Waals surface area contributed by atoms with Crippen molar-refractivity contribution in [3.8, 4) is 0 Å².